The molecule has 1 heteroatoms. The molecule has 0 rings (SSSR count). The highest BCUT2D eigenvalue weighted by atomic mass is 14.2. The average Bonchev–Trinajstić information content (AvgIpc) is 2.31. The van der Waals surface area contributed by atoms with E-state index in [0.717, 1.165) is 6.42 Å². The Morgan fingerprint density at radius 2 is 1.38 bits per heavy atom. The first kappa shape index (κ1) is 15.0. The van der Waals surface area contributed by atoms with E-state index in [1.807, 2.05) is 12.1 Å². The second kappa shape index (κ2) is 14.0. The molecule has 0 radical (unpaired) electrons. The Hall–Kier alpha value is -1.03. The van der Waals surface area contributed by atoms with Gasteiger partial charge in [-0.15, -0.1) is 0 Å². The van der Waals surface area contributed by atoms with Crippen molar-refractivity contribution >= 4 is 0 Å². The molecular weight excluding hydrogens is 194 g/mol. The van der Waals surface area contributed by atoms with E-state index in [1.165, 1.54) is 51.4 Å². The fourth-order valence-electron chi connectivity index (χ4n) is 1.57. The van der Waals surface area contributed by atoms with E-state index in [0.29, 0.717) is 0 Å². The van der Waals surface area contributed by atoms with Gasteiger partial charge in [0.25, 0.3) is 0 Å². The van der Waals surface area contributed by atoms with Crippen LogP contribution in [0.15, 0.2) is 24.3 Å². The number of hydrogen-bond acceptors (Lipinski definition) is 1. The number of rotatable bonds is 10. The van der Waals surface area contributed by atoms with Crippen LogP contribution in [0.3, 0.4) is 0 Å². The maximum absolute atomic E-state index is 8.28. The van der Waals surface area contributed by atoms with Crippen molar-refractivity contribution in [2.24, 2.45) is 0 Å². The van der Waals surface area contributed by atoms with Gasteiger partial charge in [-0.3, -0.25) is 0 Å². The Bertz CT molecular complexity index is 220. The third-order valence-electron chi connectivity index (χ3n) is 2.57. The SMILES string of the molecule is CCCC/C=C/CCCCCC/C=C/C#N. The second-order valence-electron chi connectivity index (χ2n) is 4.14. The van der Waals surface area contributed by atoms with Gasteiger partial charge in [0.15, 0.2) is 0 Å². The molecule has 0 aromatic carbocycles. The fourth-order valence-corrected chi connectivity index (χ4v) is 1.57. The molecule has 90 valence electrons. The van der Waals surface area contributed by atoms with Gasteiger partial charge in [0, 0.05) is 6.08 Å². The molecule has 0 fully saturated rings. The van der Waals surface area contributed by atoms with E-state index in [-0.39, 0.29) is 0 Å². The molecule has 0 saturated carbocycles. The van der Waals surface area contributed by atoms with Crippen molar-refractivity contribution in [3.8, 4) is 6.07 Å². The average molecular weight is 219 g/mol. The van der Waals surface area contributed by atoms with Crippen LogP contribution in [0.1, 0.15) is 64.7 Å². The topological polar surface area (TPSA) is 23.8 Å². The van der Waals surface area contributed by atoms with Crippen molar-refractivity contribution < 1.29 is 0 Å². The molecule has 0 heterocycles. The normalized spacial score (nSPS) is 11.2. The molecule has 1 nitrogen and oxygen atoms in total. The van der Waals surface area contributed by atoms with Crippen LogP contribution in [-0.2, 0) is 0 Å². The van der Waals surface area contributed by atoms with Crippen LogP contribution in [0.2, 0.25) is 0 Å². The summed E-state index contributed by atoms with van der Waals surface area (Å²) in [7, 11) is 0. The van der Waals surface area contributed by atoms with Gasteiger partial charge in [-0.25, -0.2) is 0 Å². The van der Waals surface area contributed by atoms with Crippen molar-refractivity contribution in [1.29, 1.82) is 5.26 Å². The van der Waals surface area contributed by atoms with Crippen molar-refractivity contribution in [1.82, 2.24) is 0 Å². The zero-order chi connectivity index (χ0) is 11.9. The fraction of sp³-hybridized carbons (Fsp3) is 0.667. The predicted molar refractivity (Wildman–Crippen MR) is 71.1 cm³/mol. The van der Waals surface area contributed by atoms with Crippen LogP contribution >= 0.6 is 0 Å². The van der Waals surface area contributed by atoms with Crippen LogP contribution in [-0.4, -0.2) is 0 Å². The number of allylic oxidation sites excluding steroid dienone is 4. The maximum atomic E-state index is 8.28. The summed E-state index contributed by atoms with van der Waals surface area (Å²) >= 11 is 0. The molecule has 0 aromatic rings. The molecule has 0 aliphatic rings. The first-order chi connectivity index (χ1) is 7.91. The summed E-state index contributed by atoms with van der Waals surface area (Å²) in [6.45, 7) is 2.23. The Labute approximate surface area is 101 Å². The minimum atomic E-state index is 1.06. The second-order valence-corrected chi connectivity index (χ2v) is 4.14. The monoisotopic (exact) mass is 219 g/mol. The largest absolute Gasteiger partial charge is 0.193 e. The van der Waals surface area contributed by atoms with E-state index in [1.54, 1.807) is 6.08 Å². The zero-order valence-electron chi connectivity index (χ0n) is 10.6. The summed E-state index contributed by atoms with van der Waals surface area (Å²) in [5, 5.41) is 8.28. The summed E-state index contributed by atoms with van der Waals surface area (Å²) in [4.78, 5) is 0. The molecule has 0 bridgehead atoms. The minimum Gasteiger partial charge on any atom is -0.193 e. The highest BCUT2D eigenvalue weighted by molar-refractivity contribution is 5.01. The van der Waals surface area contributed by atoms with Crippen molar-refractivity contribution in [3.63, 3.8) is 0 Å². The summed E-state index contributed by atoms with van der Waals surface area (Å²) in [6, 6.07) is 2.01. The number of unbranched alkanes of at least 4 members (excludes halogenated alkanes) is 7. The van der Waals surface area contributed by atoms with Crippen molar-refractivity contribution in [2.45, 2.75) is 64.7 Å². The van der Waals surface area contributed by atoms with Crippen LogP contribution in [0, 0.1) is 11.3 Å². The molecule has 0 amide bonds. The van der Waals surface area contributed by atoms with Gasteiger partial charge in [0.1, 0.15) is 0 Å². The maximum Gasteiger partial charge on any atom is 0.0908 e. The number of nitrogens with zero attached hydrogens (tertiary/aromatic N) is 1. The van der Waals surface area contributed by atoms with Crippen LogP contribution in [0.25, 0.3) is 0 Å². The number of hydrogen-bond donors (Lipinski definition) is 0. The Morgan fingerprint density at radius 3 is 1.94 bits per heavy atom. The summed E-state index contributed by atoms with van der Waals surface area (Å²) in [5.74, 6) is 0. The van der Waals surface area contributed by atoms with Crippen LogP contribution < -0.4 is 0 Å². The van der Waals surface area contributed by atoms with E-state index in [4.69, 9.17) is 5.26 Å². The minimum absolute atomic E-state index is 1.06. The summed E-state index contributed by atoms with van der Waals surface area (Å²) < 4.78 is 0. The molecule has 0 aliphatic heterocycles. The van der Waals surface area contributed by atoms with Gasteiger partial charge in [0.2, 0.25) is 0 Å². The van der Waals surface area contributed by atoms with Gasteiger partial charge >= 0.3 is 0 Å². The third-order valence-corrected chi connectivity index (χ3v) is 2.57. The predicted octanol–water partition coefficient (Wildman–Crippen LogP) is 5.15. The molecule has 0 spiro atoms. The van der Waals surface area contributed by atoms with E-state index in [9.17, 15) is 0 Å². The third kappa shape index (κ3) is 13.0. The molecule has 0 aliphatic carbocycles. The molecular formula is C15H25N. The van der Waals surface area contributed by atoms with E-state index < -0.39 is 0 Å². The summed E-state index contributed by atoms with van der Waals surface area (Å²) in [5.41, 5.74) is 0. The smallest absolute Gasteiger partial charge is 0.0908 e. The van der Waals surface area contributed by atoms with Crippen molar-refractivity contribution in [3.05, 3.63) is 24.3 Å². The van der Waals surface area contributed by atoms with Crippen LogP contribution in [0.4, 0.5) is 0 Å². The van der Waals surface area contributed by atoms with Gasteiger partial charge in [-0.05, 0) is 32.1 Å². The molecule has 0 saturated heterocycles. The first-order valence-electron chi connectivity index (χ1n) is 6.61. The van der Waals surface area contributed by atoms with E-state index >= 15 is 0 Å². The quantitative estimate of drug-likeness (QED) is 0.283. The molecule has 0 atom stereocenters. The lowest BCUT2D eigenvalue weighted by Crippen LogP contribution is -1.77. The van der Waals surface area contributed by atoms with Gasteiger partial charge in [-0.1, -0.05) is 50.8 Å². The van der Waals surface area contributed by atoms with Crippen molar-refractivity contribution in [2.75, 3.05) is 0 Å². The van der Waals surface area contributed by atoms with Gasteiger partial charge < -0.3 is 0 Å². The van der Waals surface area contributed by atoms with E-state index in [2.05, 4.69) is 19.1 Å². The zero-order valence-corrected chi connectivity index (χ0v) is 10.6. The molecule has 0 N–H and O–H groups in total. The lowest BCUT2D eigenvalue weighted by molar-refractivity contribution is 0.651. The molecule has 0 aromatic heterocycles. The lowest BCUT2D eigenvalue weighted by atomic mass is 10.1. The van der Waals surface area contributed by atoms with Crippen LogP contribution in [0.5, 0.6) is 0 Å². The highest BCUT2D eigenvalue weighted by Gasteiger charge is 1.87. The molecule has 16 heavy (non-hydrogen) atoms. The highest BCUT2D eigenvalue weighted by Crippen LogP contribution is 2.07. The first-order valence-corrected chi connectivity index (χ1v) is 6.61. The molecule has 0 unspecified atom stereocenters. The lowest BCUT2D eigenvalue weighted by Gasteiger charge is -1.96. The Morgan fingerprint density at radius 1 is 0.812 bits per heavy atom. The van der Waals surface area contributed by atoms with Gasteiger partial charge in [-0.2, -0.15) is 5.26 Å². The number of nitriles is 1. The Kier molecular flexibility index (Phi) is 13.1. The standard InChI is InChI=1S/C15H25N/c1-2-3-4-5-6-7-8-9-10-11-12-13-14-15-16/h5-6,13-14H,2-4,7-12H2,1H3/b6-5+,14-13+. The van der Waals surface area contributed by atoms with Gasteiger partial charge in [0.05, 0.1) is 6.07 Å². The Balaban J connectivity index is 3.07. The summed E-state index contributed by atoms with van der Waals surface area (Å²) in [6.07, 6.45) is 19.5.